The van der Waals surface area contributed by atoms with Gasteiger partial charge in [-0.25, -0.2) is 4.79 Å². The van der Waals surface area contributed by atoms with E-state index in [2.05, 4.69) is 0 Å². The molecule has 0 N–H and O–H groups in total. The number of nitro groups is 1. The fraction of sp³-hybridized carbons (Fsp3) is 0.357. The minimum Gasteiger partial charge on any atom is -0.465 e. The Hall–Kier alpha value is -3.04. The van der Waals surface area contributed by atoms with Gasteiger partial charge in [0.05, 0.1) is 23.2 Å². The minimum absolute atomic E-state index is 0.0454. The number of esters is 1. The van der Waals surface area contributed by atoms with Crippen molar-refractivity contribution in [3.05, 3.63) is 39.4 Å². The van der Waals surface area contributed by atoms with E-state index in [1.807, 2.05) is 6.07 Å². The molecule has 0 aliphatic heterocycles. The monoisotopic (exact) mass is 306 g/mol. The highest BCUT2D eigenvalue weighted by molar-refractivity contribution is 5.87. The average Bonchev–Trinajstić information content (AvgIpc) is 2.47. The lowest BCUT2D eigenvalue weighted by Crippen LogP contribution is -2.33. The van der Waals surface area contributed by atoms with Crippen molar-refractivity contribution in [1.29, 1.82) is 5.26 Å². The van der Waals surface area contributed by atoms with E-state index in [-0.39, 0.29) is 24.0 Å². The van der Waals surface area contributed by atoms with E-state index in [4.69, 9.17) is 14.3 Å². The van der Waals surface area contributed by atoms with Crippen molar-refractivity contribution in [3.8, 4) is 6.07 Å². The zero-order chi connectivity index (χ0) is 17.3. The van der Waals surface area contributed by atoms with Crippen molar-refractivity contribution in [1.82, 2.24) is 0 Å². The Balaban J connectivity index is 0.00000135. The van der Waals surface area contributed by atoms with Crippen LogP contribution in [0.2, 0.25) is 0 Å². The Labute approximate surface area is 126 Å². The summed E-state index contributed by atoms with van der Waals surface area (Å²) in [5.41, 5.74) is -1.22. The second-order valence-corrected chi connectivity index (χ2v) is 4.32. The summed E-state index contributed by atoms with van der Waals surface area (Å²) in [7, 11) is 0. The number of carbonyl (C=O) groups is 1. The Morgan fingerprint density at radius 2 is 2.00 bits per heavy atom. The molecule has 0 amide bonds. The van der Waals surface area contributed by atoms with Crippen LogP contribution in [0.5, 0.6) is 0 Å². The van der Waals surface area contributed by atoms with Crippen LogP contribution in [-0.4, -0.2) is 23.7 Å². The van der Waals surface area contributed by atoms with Gasteiger partial charge in [0, 0.05) is 6.07 Å². The first-order valence-corrected chi connectivity index (χ1v) is 6.11. The van der Waals surface area contributed by atoms with Crippen LogP contribution in [0.1, 0.15) is 25.0 Å². The summed E-state index contributed by atoms with van der Waals surface area (Å²) >= 11 is 0. The summed E-state index contributed by atoms with van der Waals surface area (Å²) in [5, 5.41) is 20.3. The number of nitrogens with zero attached hydrogens (tertiary/aromatic N) is 2. The predicted molar refractivity (Wildman–Crippen MR) is 72.4 cm³/mol. The molecule has 0 fully saturated rings. The van der Waals surface area contributed by atoms with Gasteiger partial charge < -0.3 is 4.74 Å². The standard InChI is InChI=1S/C13H14N2O4.CO2/c1-4-19-12(16)13(3,8-14)10-6-5-9(2)7-11(10)15(17)18;2-1-3/h5-7H,4H2,1-3H3;. The van der Waals surface area contributed by atoms with Crippen LogP contribution in [0.4, 0.5) is 5.69 Å². The summed E-state index contributed by atoms with van der Waals surface area (Å²) in [4.78, 5) is 38.6. The van der Waals surface area contributed by atoms with Gasteiger partial charge in [-0.05, 0) is 32.4 Å². The molecule has 116 valence electrons. The third-order valence-corrected chi connectivity index (χ3v) is 2.80. The van der Waals surface area contributed by atoms with Gasteiger partial charge in [-0.15, -0.1) is 0 Å². The summed E-state index contributed by atoms with van der Waals surface area (Å²) in [5.74, 6) is -0.788. The second kappa shape index (κ2) is 8.29. The van der Waals surface area contributed by atoms with E-state index >= 15 is 0 Å². The van der Waals surface area contributed by atoms with Crippen LogP contribution in [0.15, 0.2) is 18.2 Å². The third-order valence-electron chi connectivity index (χ3n) is 2.80. The summed E-state index contributed by atoms with van der Waals surface area (Å²) in [6, 6.07) is 6.20. The van der Waals surface area contributed by atoms with Crippen molar-refractivity contribution in [3.63, 3.8) is 0 Å². The minimum atomic E-state index is -1.69. The molecule has 0 saturated heterocycles. The highest BCUT2D eigenvalue weighted by Gasteiger charge is 2.42. The Morgan fingerprint density at radius 1 is 1.45 bits per heavy atom. The van der Waals surface area contributed by atoms with Gasteiger partial charge in [-0.2, -0.15) is 14.9 Å². The van der Waals surface area contributed by atoms with Gasteiger partial charge in [0.15, 0.2) is 5.41 Å². The molecule has 0 aromatic heterocycles. The molecule has 22 heavy (non-hydrogen) atoms. The first-order valence-electron chi connectivity index (χ1n) is 6.11. The first kappa shape index (κ1) is 19.0. The number of hydrogen-bond donors (Lipinski definition) is 0. The van der Waals surface area contributed by atoms with Gasteiger partial charge >= 0.3 is 12.1 Å². The number of aryl methyl sites for hydroxylation is 1. The topological polar surface area (TPSA) is 127 Å². The molecule has 0 saturated carbocycles. The quantitative estimate of drug-likeness (QED) is 0.470. The maximum atomic E-state index is 11.9. The molecular weight excluding hydrogens is 292 g/mol. The smallest absolute Gasteiger partial charge is 0.373 e. The highest BCUT2D eigenvalue weighted by atomic mass is 16.6. The maximum Gasteiger partial charge on any atom is 0.373 e. The van der Waals surface area contributed by atoms with E-state index in [1.54, 1.807) is 19.9 Å². The molecule has 1 aromatic carbocycles. The lowest BCUT2D eigenvalue weighted by molar-refractivity contribution is -0.385. The van der Waals surface area contributed by atoms with Crippen molar-refractivity contribution >= 4 is 17.8 Å². The van der Waals surface area contributed by atoms with E-state index in [1.165, 1.54) is 19.1 Å². The lowest BCUT2D eigenvalue weighted by Gasteiger charge is -2.19. The Bertz CT molecular complexity index is 643. The van der Waals surface area contributed by atoms with Crippen molar-refractivity contribution in [2.75, 3.05) is 6.61 Å². The molecule has 0 aliphatic carbocycles. The third kappa shape index (κ3) is 4.23. The van der Waals surface area contributed by atoms with Crippen LogP contribution >= 0.6 is 0 Å². The first-order chi connectivity index (χ1) is 10.3. The van der Waals surface area contributed by atoms with E-state index in [9.17, 15) is 20.2 Å². The fourth-order valence-electron chi connectivity index (χ4n) is 1.71. The SMILES string of the molecule is CCOC(=O)C(C)(C#N)c1ccc(C)cc1[N+](=O)[O-].O=C=O. The molecule has 0 heterocycles. The number of nitriles is 1. The molecule has 0 bridgehead atoms. The van der Waals surface area contributed by atoms with Gasteiger partial charge in [-0.1, -0.05) is 6.07 Å². The van der Waals surface area contributed by atoms with E-state index in [0.29, 0.717) is 5.56 Å². The van der Waals surface area contributed by atoms with Crippen LogP contribution in [0, 0.1) is 28.4 Å². The highest BCUT2D eigenvalue weighted by Crippen LogP contribution is 2.33. The number of carbonyl (C=O) groups excluding carboxylic acids is 3. The van der Waals surface area contributed by atoms with Gasteiger partial charge in [0.25, 0.3) is 5.69 Å². The van der Waals surface area contributed by atoms with Crippen LogP contribution in [-0.2, 0) is 24.5 Å². The molecule has 8 nitrogen and oxygen atoms in total. The molecule has 0 radical (unpaired) electrons. The summed E-state index contributed by atoms with van der Waals surface area (Å²) < 4.78 is 4.83. The van der Waals surface area contributed by atoms with Crippen LogP contribution < -0.4 is 0 Å². The summed E-state index contributed by atoms with van der Waals surface area (Å²) in [6.45, 7) is 4.74. The zero-order valence-electron chi connectivity index (χ0n) is 12.3. The van der Waals surface area contributed by atoms with E-state index in [0.717, 1.165) is 0 Å². The molecule has 0 spiro atoms. The molecule has 1 unspecified atom stereocenters. The zero-order valence-corrected chi connectivity index (χ0v) is 12.3. The molecule has 0 aliphatic rings. The molecule has 8 heteroatoms. The van der Waals surface area contributed by atoms with Gasteiger partial charge in [0.2, 0.25) is 0 Å². The molecule has 1 aromatic rings. The van der Waals surface area contributed by atoms with Gasteiger partial charge in [0.1, 0.15) is 0 Å². The van der Waals surface area contributed by atoms with Crippen molar-refractivity contribution in [2.45, 2.75) is 26.2 Å². The van der Waals surface area contributed by atoms with Crippen LogP contribution in [0.3, 0.4) is 0 Å². The van der Waals surface area contributed by atoms with Gasteiger partial charge in [-0.3, -0.25) is 10.1 Å². The normalized spacial score (nSPS) is 11.7. The number of rotatable bonds is 4. The van der Waals surface area contributed by atoms with Crippen LogP contribution in [0.25, 0.3) is 0 Å². The maximum absolute atomic E-state index is 11.9. The molecular formula is C14H14N2O6. The Morgan fingerprint density at radius 3 is 2.41 bits per heavy atom. The molecule has 1 rings (SSSR count). The largest absolute Gasteiger partial charge is 0.465 e. The second-order valence-electron chi connectivity index (χ2n) is 4.32. The molecule has 1 atom stereocenters. The van der Waals surface area contributed by atoms with E-state index < -0.39 is 16.3 Å². The number of nitro benzene ring substituents is 1. The van der Waals surface area contributed by atoms with Crippen molar-refractivity contribution in [2.24, 2.45) is 0 Å². The summed E-state index contributed by atoms with van der Waals surface area (Å²) in [6.07, 6.45) is 0.250. The number of benzene rings is 1. The number of ether oxygens (including phenoxy) is 1. The van der Waals surface area contributed by atoms with Crippen molar-refractivity contribution < 1.29 is 24.0 Å². The lowest BCUT2D eigenvalue weighted by atomic mass is 9.82. The average molecular weight is 306 g/mol. The number of hydrogen-bond acceptors (Lipinski definition) is 7. The Kier molecular flexibility index (Phi) is 7.15. The fourth-order valence-corrected chi connectivity index (χ4v) is 1.71. The predicted octanol–water partition coefficient (Wildman–Crippen LogP) is 1.66.